The van der Waals surface area contributed by atoms with Gasteiger partial charge in [-0.25, -0.2) is 0 Å². The van der Waals surface area contributed by atoms with Crippen LogP contribution in [0.1, 0.15) is 5.56 Å². The maximum absolute atomic E-state index is 8.63. The molecule has 1 N–H and O–H groups in total. The Balaban J connectivity index is 2.12. The van der Waals surface area contributed by atoms with Gasteiger partial charge in [0.05, 0.1) is 18.9 Å². The number of nitriles is 2. The summed E-state index contributed by atoms with van der Waals surface area (Å²) in [4.78, 5) is 2.26. The van der Waals surface area contributed by atoms with Gasteiger partial charge in [0, 0.05) is 18.8 Å². The molecule has 0 bridgehead atoms. The van der Waals surface area contributed by atoms with Gasteiger partial charge in [0.25, 0.3) is 0 Å². The second-order valence-electron chi connectivity index (χ2n) is 4.39. The molecule has 1 heterocycles. The van der Waals surface area contributed by atoms with E-state index >= 15 is 0 Å². The number of benzene rings is 1. The summed E-state index contributed by atoms with van der Waals surface area (Å²) in [6.45, 7) is 5.23. The highest BCUT2D eigenvalue weighted by Crippen LogP contribution is 2.23. The number of nitrogens with one attached hydrogen (secondary N) is 1. The first-order valence-electron chi connectivity index (χ1n) is 6.32. The van der Waals surface area contributed by atoms with Crippen molar-refractivity contribution in [2.24, 2.45) is 5.10 Å². The number of morpholine rings is 1. The third-order valence-corrected chi connectivity index (χ3v) is 3.09. The van der Waals surface area contributed by atoms with Crippen LogP contribution in [0.15, 0.2) is 23.3 Å². The Morgan fingerprint density at radius 1 is 1.30 bits per heavy atom. The summed E-state index contributed by atoms with van der Waals surface area (Å²) in [5.41, 5.74) is 5.48. The normalized spacial score (nSPS) is 14.1. The van der Waals surface area contributed by atoms with Crippen molar-refractivity contribution >= 4 is 17.1 Å². The van der Waals surface area contributed by atoms with Gasteiger partial charge in [0.1, 0.15) is 12.1 Å². The van der Waals surface area contributed by atoms with Gasteiger partial charge in [0.2, 0.25) is 5.71 Å². The molecule has 102 valence electrons. The topological polar surface area (TPSA) is 84.4 Å². The first kappa shape index (κ1) is 13.9. The minimum atomic E-state index is -0.193. The number of nitrogens with zero attached hydrogens (tertiary/aromatic N) is 4. The number of hydrogen-bond acceptors (Lipinski definition) is 6. The van der Waals surface area contributed by atoms with Crippen molar-refractivity contribution in [3.63, 3.8) is 0 Å². The molecule has 1 aliphatic rings. The molecule has 1 aliphatic heterocycles. The zero-order valence-corrected chi connectivity index (χ0v) is 11.3. The minimum Gasteiger partial charge on any atom is -0.378 e. The van der Waals surface area contributed by atoms with Gasteiger partial charge in [-0.05, 0) is 30.7 Å². The highest BCUT2D eigenvalue weighted by Gasteiger charge is 2.11. The summed E-state index contributed by atoms with van der Waals surface area (Å²) in [6.07, 6.45) is 0. The second kappa shape index (κ2) is 6.55. The molecule has 0 aliphatic carbocycles. The standard InChI is InChI=1S/C14H15N5O/c1-11-8-13(19-4-6-20-7-5-19)2-3-14(11)18-17-12(9-15)10-16/h2-3,8,18H,4-7H2,1H3. The Morgan fingerprint density at radius 2 is 2.00 bits per heavy atom. The molecule has 0 saturated carbocycles. The van der Waals surface area contributed by atoms with Gasteiger partial charge in [-0.2, -0.15) is 15.6 Å². The van der Waals surface area contributed by atoms with Crippen molar-refractivity contribution in [3.05, 3.63) is 23.8 Å². The summed E-state index contributed by atoms with van der Waals surface area (Å²) >= 11 is 0. The molecule has 6 nitrogen and oxygen atoms in total. The molecular weight excluding hydrogens is 254 g/mol. The van der Waals surface area contributed by atoms with Gasteiger partial charge in [-0.1, -0.05) is 0 Å². The summed E-state index contributed by atoms with van der Waals surface area (Å²) in [6, 6.07) is 9.37. The Hall–Kier alpha value is -2.57. The van der Waals surface area contributed by atoms with Crippen LogP contribution in [-0.4, -0.2) is 32.0 Å². The van der Waals surface area contributed by atoms with Crippen molar-refractivity contribution in [2.75, 3.05) is 36.6 Å². The predicted octanol–water partition coefficient (Wildman–Crippen LogP) is 1.65. The van der Waals surface area contributed by atoms with Crippen LogP contribution >= 0.6 is 0 Å². The van der Waals surface area contributed by atoms with Crippen LogP contribution in [0.2, 0.25) is 0 Å². The maximum Gasteiger partial charge on any atom is 0.237 e. The van der Waals surface area contributed by atoms with E-state index < -0.39 is 0 Å². The molecule has 1 fully saturated rings. The fraction of sp³-hybridized carbons (Fsp3) is 0.357. The molecule has 0 spiro atoms. The fourth-order valence-corrected chi connectivity index (χ4v) is 1.98. The first-order chi connectivity index (χ1) is 9.74. The van der Waals surface area contributed by atoms with Crippen molar-refractivity contribution < 1.29 is 4.74 Å². The molecule has 20 heavy (non-hydrogen) atoms. The van der Waals surface area contributed by atoms with Gasteiger partial charge in [-0.15, -0.1) is 0 Å². The molecule has 6 heteroatoms. The minimum absolute atomic E-state index is 0.193. The maximum atomic E-state index is 8.63. The molecule has 1 aromatic carbocycles. The number of hydrogen-bond donors (Lipinski definition) is 1. The highest BCUT2D eigenvalue weighted by molar-refractivity contribution is 6.10. The van der Waals surface area contributed by atoms with E-state index in [4.69, 9.17) is 15.3 Å². The number of hydrazone groups is 1. The molecule has 0 radical (unpaired) electrons. The lowest BCUT2D eigenvalue weighted by molar-refractivity contribution is 0.122. The van der Waals surface area contributed by atoms with Crippen molar-refractivity contribution in [1.29, 1.82) is 10.5 Å². The monoisotopic (exact) mass is 269 g/mol. The smallest absolute Gasteiger partial charge is 0.237 e. The quantitative estimate of drug-likeness (QED) is 0.666. The van der Waals surface area contributed by atoms with Crippen molar-refractivity contribution in [2.45, 2.75) is 6.92 Å². The van der Waals surface area contributed by atoms with E-state index in [0.717, 1.165) is 43.2 Å². The summed E-state index contributed by atoms with van der Waals surface area (Å²) in [5.74, 6) is 0. The molecule has 2 rings (SSSR count). The Bertz CT molecular complexity index is 575. The fourth-order valence-electron chi connectivity index (χ4n) is 1.98. The lowest BCUT2D eigenvalue weighted by Crippen LogP contribution is -2.36. The van der Waals surface area contributed by atoms with Crippen molar-refractivity contribution in [1.82, 2.24) is 0 Å². The van der Waals surface area contributed by atoms with Crippen LogP contribution in [-0.2, 0) is 4.74 Å². The SMILES string of the molecule is Cc1cc(N2CCOCC2)ccc1NN=C(C#N)C#N. The van der Waals surface area contributed by atoms with E-state index in [1.54, 1.807) is 12.1 Å². The summed E-state index contributed by atoms with van der Waals surface area (Å²) in [7, 11) is 0. The van der Waals surface area contributed by atoms with Crippen LogP contribution in [0, 0.1) is 29.6 Å². The summed E-state index contributed by atoms with van der Waals surface area (Å²) in [5, 5.41) is 21.0. The zero-order valence-electron chi connectivity index (χ0n) is 11.3. The van der Waals surface area contributed by atoms with Crippen LogP contribution in [0.25, 0.3) is 0 Å². The van der Waals surface area contributed by atoms with Crippen LogP contribution in [0.3, 0.4) is 0 Å². The first-order valence-corrected chi connectivity index (χ1v) is 6.32. The van der Waals surface area contributed by atoms with E-state index in [-0.39, 0.29) is 5.71 Å². The van der Waals surface area contributed by atoms with Gasteiger partial charge < -0.3 is 9.64 Å². The Labute approximate surface area is 117 Å². The Kier molecular flexibility index (Phi) is 4.54. The molecule has 0 aromatic heterocycles. The third-order valence-electron chi connectivity index (χ3n) is 3.09. The largest absolute Gasteiger partial charge is 0.378 e. The Morgan fingerprint density at radius 3 is 2.60 bits per heavy atom. The lowest BCUT2D eigenvalue weighted by Gasteiger charge is -2.29. The second-order valence-corrected chi connectivity index (χ2v) is 4.39. The van der Waals surface area contributed by atoms with Gasteiger partial charge in [-0.3, -0.25) is 5.43 Å². The predicted molar refractivity (Wildman–Crippen MR) is 76.5 cm³/mol. The molecule has 0 atom stereocenters. The number of anilines is 2. The number of rotatable bonds is 3. The lowest BCUT2D eigenvalue weighted by atomic mass is 10.1. The van der Waals surface area contributed by atoms with E-state index in [1.165, 1.54) is 0 Å². The molecule has 1 aromatic rings. The zero-order chi connectivity index (χ0) is 14.4. The molecule has 0 unspecified atom stereocenters. The van der Waals surface area contributed by atoms with Crippen LogP contribution in [0.4, 0.5) is 11.4 Å². The molecule has 1 saturated heterocycles. The van der Waals surface area contributed by atoms with E-state index in [9.17, 15) is 0 Å². The number of ether oxygens (including phenoxy) is 1. The van der Waals surface area contributed by atoms with E-state index in [2.05, 4.69) is 21.5 Å². The van der Waals surface area contributed by atoms with Crippen LogP contribution in [0.5, 0.6) is 0 Å². The van der Waals surface area contributed by atoms with Gasteiger partial charge >= 0.3 is 0 Å². The van der Waals surface area contributed by atoms with E-state index in [0.29, 0.717) is 0 Å². The van der Waals surface area contributed by atoms with Crippen molar-refractivity contribution in [3.8, 4) is 12.1 Å². The summed E-state index contributed by atoms with van der Waals surface area (Å²) < 4.78 is 5.33. The average Bonchev–Trinajstić information content (AvgIpc) is 2.50. The van der Waals surface area contributed by atoms with Crippen LogP contribution < -0.4 is 10.3 Å². The van der Waals surface area contributed by atoms with Gasteiger partial charge in [0.15, 0.2) is 0 Å². The molecule has 0 amide bonds. The average molecular weight is 269 g/mol. The number of aryl methyl sites for hydroxylation is 1. The third kappa shape index (κ3) is 3.25. The van der Waals surface area contributed by atoms with E-state index in [1.807, 2.05) is 19.1 Å². The highest BCUT2D eigenvalue weighted by atomic mass is 16.5. The molecular formula is C14H15N5O.